The molecule has 0 heterocycles. The molecule has 2 saturated carbocycles. The molecule has 0 aromatic rings. The van der Waals surface area contributed by atoms with Gasteiger partial charge in [0, 0.05) is 6.04 Å². The number of unbranched alkanes of at least 4 members (excludes halogenated alkanes) is 1. The van der Waals surface area contributed by atoms with Gasteiger partial charge >= 0.3 is 0 Å². The molecule has 0 bridgehead atoms. The van der Waals surface area contributed by atoms with E-state index in [9.17, 15) is 5.26 Å². The number of nitriles is 1. The normalized spacial score (nSPS) is 30.7. The van der Waals surface area contributed by atoms with Crippen molar-refractivity contribution >= 4 is 0 Å². The Hall–Kier alpha value is -0.590. The third kappa shape index (κ3) is 3.94. The number of hydrogen-bond donors (Lipinski definition) is 1. The Morgan fingerprint density at radius 1 is 1.32 bits per heavy atom. The fourth-order valence-corrected chi connectivity index (χ4v) is 3.35. The summed E-state index contributed by atoms with van der Waals surface area (Å²) < 4.78 is 0. The summed E-state index contributed by atoms with van der Waals surface area (Å²) >= 11 is 0. The van der Waals surface area contributed by atoms with Crippen LogP contribution in [0.5, 0.6) is 0 Å². The highest BCUT2D eigenvalue weighted by Crippen LogP contribution is 2.40. The van der Waals surface area contributed by atoms with Gasteiger partial charge in [-0.3, -0.25) is 5.32 Å². The maximum absolute atomic E-state index is 9.64. The first kappa shape index (κ1) is 14.8. The van der Waals surface area contributed by atoms with Gasteiger partial charge in [-0.2, -0.15) is 5.26 Å². The molecule has 0 aromatic carbocycles. The van der Waals surface area contributed by atoms with Crippen LogP contribution in [0, 0.1) is 17.2 Å². The molecule has 0 aliphatic heterocycles. The molecule has 2 fully saturated rings. The molecule has 0 saturated heterocycles. The molecule has 3 heteroatoms. The number of nitrogens with one attached hydrogen (secondary N) is 1. The summed E-state index contributed by atoms with van der Waals surface area (Å²) in [6, 6.07) is 3.27. The first-order chi connectivity index (χ1) is 9.20. The zero-order valence-corrected chi connectivity index (χ0v) is 12.6. The molecule has 0 radical (unpaired) electrons. The molecule has 0 amide bonds. The third-order valence-electron chi connectivity index (χ3n) is 4.81. The molecule has 108 valence electrons. The van der Waals surface area contributed by atoms with Crippen molar-refractivity contribution in [3.63, 3.8) is 0 Å². The molecule has 2 aliphatic rings. The van der Waals surface area contributed by atoms with Crippen molar-refractivity contribution in [3.05, 3.63) is 0 Å². The lowest BCUT2D eigenvalue weighted by molar-refractivity contribution is 0.246. The second kappa shape index (κ2) is 6.72. The van der Waals surface area contributed by atoms with E-state index in [0.717, 1.165) is 13.0 Å². The quantitative estimate of drug-likeness (QED) is 0.732. The molecule has 2 aliphatic carbocycles. The summed E-state index contributed by atoms with van der Waals surface area (Å²) in [5.41, 5.74) is -0.202. The average molecular weight is 263 g/mol. The van der Waals surface area contributed by atoms with Gasteiger partial charge in [0.15, 0.2) is 0 Å². The Bertz CT molecular complexity index is 318. The van der Waals surface area contributed by atoms with Crippen LogP contribution >= 0.6 is 0 Å². The van der Waals surface area contributed by atoms with E-state index in [4.69, 9.17) is 0 Å². The molecular formula is C16H29N3. The van der Waals surface area contributed by atoms with Crippen molar-refractivity contribution < 1.29 is 0 Å². The molecule has 0 aromatic heterocycles. The lowest BCUT2D eigenvalue weighted by Gasteiger charge is -2.31. The minimum absolute atomic E-state index is 0.202. The van der Waals surface area contributed by atoms with Crippen molar-refractivity contribution in [2.75, 3.05) is 20.1 Å². The fourth-order valence-electron chi connectivity index (χ4n) is 3.35. The maximum atomic E-state index is 9.64. The monoisotopic (exact) mass is 263 g/mol. The van der Waals surface area contributed by atoms with E-state index < -0.39 is 0 Å². The van der Waals surface area contributed by atoms with E-state index in [2.05, 4.69) is 30.3 Å². The zero-order valence-electron chi connectivity index (χ0n) is 12.6. The molecule has 0 spiro atoms. The van der Waals surface area contributed by atoms with Crippen molar-refractivity contribution in [3.8, 4) is 6.07 Å². The van der Waals surface area contributed by atoms with Crippen LogP contribution in [-0.4, -0.2) is 36.6 Å². The van der Waals surface area contributed by atoms with E-state index >= 15 is 0 Å². The number of rotatable bonds is 8. The molecule has 19 heavy (non-hydrogen) atoms. The standard InChI is InChI=1S/C16H29N3/c1-3-4-11-19(2)12-9-14-6-5-10-16(14,13-17)18-15-7-8-15/h14-15,18H,3-12H2,1-2H3. The molecule has 2 rings (SSSR count). The second-order valence-electron chi connectivity index (χ2n) is 6.54. The van der Waals surface area contributed by atoms with E-state index in [1.807, 2.05) is 0 Å². The van der Waals surface area contributed by atoms with Gasteiger partial charge in [0.2, 0.25) is 0 Å². The smallest absolute Gasteiger partial charge is 0.109 e. The van der Waals surface area contributed by atoms with Gasteiger partial charge in [0.05, 0.1) is 6.07 Å². The first-order valence-electron chi connectivity index (χ1n) is 8.07. The minimum atomic E-state index is -0.202. The van der Waals surface area contributed by atoms with E-state index in [0.29, 0.717) is 12.0 Å². The van der Waals surface area contributed by atoms with Crippen LogP contribution in [0.1, 0.15) is 58.3 Å². The fraction of sp³-hybridized carbons (Fsp3) is 0.938. The van der Waals surface area contributed by atoms with Crippen molar-refractivity contribution in [1.82, 2.24) is 10.2 Å². The Labute approximate surface area is 118 Å². The highest BCUT2D eigenvalue weighted by atomic mass is 15.1. The summed E-state index contributed by atoms with van der Waals surface area (Å²) in [5, 5.41) is 13.3. The predicted octanol–water partition coefficient (Wildman–Crippen LogP) is 2.92. The van der Waals surface area contributed by atoms with Crippen LogP contribution in [0.2, 0.25) is 0 Å². The van der Waals surface area contributed by atoms with Crippen LogP contribution in [0.3, 0.4) is 0 Å². The first-order valence-corrected chi connectivity index (χ1v) is 8.07. The molecule has 1 N–H and O–H groups in total. The third-order valence-corrected chi connectivity index (χ3v) is 4.81. The van der Waals surface area contributed by atoms with Crippen LogP contribution in [0.15, 0.2) is 0 Å². The zero-order chi connectivity index (χ0) is 13.7. The lowest BCUT2D eigenvalue weighted by Crippen LogP contribution is -2.48. The number of nitrogens with zero attached hydrogens (tertiary/aromatic N) is 2. The molecular weight excluding hydrogens is 234 g/mol. The van der Waals surface area contributed by atoms with Crippen molar-refractivity contribution in [2.24, 2.45) is 5.92 Å². The molecule has 3 nitrogen and oxygen atoms in total. The van der Waals surface area contributed by atoms with Crippen LogP contribution in [-0.2, 0) is 0 Å². The topological polar surface area (TPSA) is 39.1 Å². The van der Waals surface area contributed by atoms with Gasteiger partial charge in [-0.15, -0.1) is 0 Å². The van der Waals surface area contributed by atoms with Gasteiger partial charge in [-0.05, 0) is 64.6 Å². The summed E-state index contributed by atoms with van der Waals surface area (Å²) in [6.45, 7) is 4.57. The van der Waals surface area contributed by atoms with Gasteiger partial charge in [0.1, 0.15) is 5.54 Å². The van der Waals surface area contributed by atoms with Crippen LogP contribution in [0.4, 0.5) is 0 Å². The van der Waals surface area contributed by atoms with Crippen molar-refractivity contribution in [2.45, 2.75) is 69.9 Å². The van der Waals surface area contributed by atoms with Gasteiger partial charge in [0.25, 0.3) is 0 Å². The SMILES string of the molecule is CCCCN(C)CCC1CCCC1(C#N)NC1CC1. The van der Waals surface area contributed by atoms with Crippen LogP contribution in [0.25, 0.3) is 0 Å². The Balaban J connectivity index is 1.82. The largest absolute Gasteiger partial charge is 0.306 e. The Morgan fingerprint density at radius 2 is 2.11 bits per heavy atom. The highest BCUT2D eigenvalue weighted by molar-refractivity contribution is 5.16. The number of hydrogen-bond acceptors (Lipinski definition) is 3. The van der Waals surface area contributed by atoms with Crippen LogP contribution < -0.4 is 5.32 Å². The van der Waals surface area contributed by atoms with E-state index in [1.165, 1.54) is 51.5 Å². The van der Waals surface area contributed by atoms with Gasteiger partial charge < -0.3 is 4.90 Å². The lowest BCUT2D eigenvalue weighted by atomic mass is 9.85. The summed E-state index contributed by atoms with van der Waals surface area (Å²) in [5.74, 6) is 0.558. The summed E-state index contributed by atoms with van der Waals surface area (Å²) in [6.07, 6.45) is 9.77. The minimum Gasteiger partial charge on any atom is -0.306 e. The Morgan fingerprint density at radius 3 is 2.74 bits per heavy atom. The highest BCUT2D eigenvalue weighted by Gasteiger charge is 2.45. The molecule has 2 atom stereocenters. The van der Waals surface area contributed by atoms with E-state index in [-0.39, 0.29) is 5.54 Å². The summed E-state index contributed by atoms with van der Waals surface area (Å²) in [7, 11) is 2.22. The Kier molecular flexibility index (Phi) is 5.24. The molecule has 2 unspecified atom stereocenters. The predicted molar refractivity (Wildman–Crippen MR) is 78.9 cm³/mol. The second-order valence-corrected chi connectivity index (χ2v) is 6.54. The maximum Gasteiger partial charge on any atom is 0.109 e. The van der Waals surface area contributed by atoms with Gasteiger partial charge in [-0.1, -0.05) is 19.8 Å². The van der Waals surface area contributed by atoms with Crippen molar-refractivity contribution in [1.29, 1.82) is 5.26 Å². The van der Waals surface area contributed by atoms with E-state index in [1.54, 1.807) is 0 Å². The average Bonchev–Trinajstić information content (AvgIpc) is 3.13. The summed E-state index contributed by atoms with van der Waals surface area (Å²) in [4.78, 5) is 2.43. The van der Waals surface area contributed by atoms with Gasteiger partial charge in [-0.25, -0.2) is 0 Å².